The molecule has 0 unspecified atom stereocenters. The van der Waals surface area contributed by atoms with Gasteiger partial charge in [-0.3, -0.25) is 0 Å². The number of benzene rings is 1. The lowest BCUT2D eigenvalue weighted by atomic mass is 10.0. The fourth-order valence-corrected chi connectivity index (χ4v) is 1.71. The molecule has 18 heavy (non-hydrogen) atoms. The normalized spacial score (nSPS) is 14.4. The van der Waals surface area contributed by atoms with Crippen molar-refractivity contribution < 1.29 is 4.52 Å². The van der Waals surface area contributed by atoms with E-state index in [0.717, 1.165) is 12.0 Å². The second-order valence-electron chi connectivity index (χ2n) is 4.37. The Kier molecular flexibility index (Phi) is 3.99. The third-order valence-corrected chi connectivity index (χ3v) is 3.34. The van der Waals surface area contributed by atoms with Crippen LogP contribution in [0.5, 0.6) is 0 Å². The van der Waals surface area contributed by atoms with Crippen LogP contribution in [0.15, 0.2) is 28.8 Å². The van der Waals surface area contributed by atoms with Crippen LogP contribution in [0, 0.1) is 5.92 Å². The molecule has 2 atom stereocenters. The average molecular weight is 266 g/mol. The fraction of sp³-hybridized carbons (Fsp3) is 0.385. The van der Waals surface area contributed by atoms with Crippen LogP contribution in [0.3, 0.4) is 0 Å². The summed E-state index contributed by atoms with van der Waals surface area (Å²) in [6, 6.07) is 7.07. The Labute approximate surface area is 111 Å². The van der Waals surface area contributed by atoms with Crippen LogP contribution in [0.1, 0.15) is 32.2 Å². The number of halogens is 1. The van der Waals surface area contributed by atoms with Crippen molar-refractivity contribution in [3.8, 4) is 11.4 Å². The summed E-state index contributed by atoms with van der Waals surface area (Å²) in [5.74, 6) is 1.33. The predicted octanol–water partition coefficient (Wildman–Crippen LogP) is 3.44. The van der Waals surface area contributed by atoms with Crippen LogP contribution in [0.25, 0.3) is 11.4 Å². The first-order valence-corrected chi connectivity index (χ1v) is 6.34. The number of hydrogen-bond donors (Lipinski definition) is 1. The highest BCUT2D eigenvalue weighted by Crippen LogP contribution is 2.24. The largest absolute Gasteiger partial charge is 0.337 e. The maximum absolute atomic E-state index is 6.05. The van der Waals surface area contributed by atoms with Crippen molar-refractivity contribution >= 4 is 11.6 Å². The van der Waals surface area contributed by atoms with Crippen molar-refractivity contribution in [3.05, 3.63) is 35.2 Å². The average Bonchev–Trinajstić information content (AvgIpc) is 2.87. The minimum absolute atomic E-state index is 0.219. The van der Waals surface area contributed by atoms with E-state index in [1.807, 2.05) is 12.1 Å². The molecule has 0 aliphatic heterocycles. The van der Waals surface area contributed by atoms with E-state index in [0.29, 0.717) is 22.7 Å². The zero-order valence-electron chi connectivity index (χ0n) is 10.4. The van der Waals surface area contributed by atoms with Gasteiger partial charge < -0.3 is 10.3 Å². The van der Waals surface area contributed by atoms with Crippen LogP contribution in [-0.2, 0) is 0 Å². The molecule has 2 aromatic rings. The second-order valence-corrected chi connectivity index (χ2v) is 4.81. The minimum Gasteiger partial charge on any atom is -0.337 e. The lowest BCUT2D eigenvalue weighted by Crippen LogP contribution is -2.18. The van der Waals surface area contributed by atoms with Gasteiger partial charge in [-0.1, -0.05) is 37.0 Å². The van der Waals surface area contributed by atoms with Gasteiger partial charge in [-0.15, -0.1) is 0 Å². The molecule has 0 saturated carbocycles. The molecule has 0 radical (unpaired) electrons. The summed E-state index contributed by atoms with van der Waals surface area (Å²) in [6.07, 6.45) is 0.972. The van der Waals surface area contributed by atoms with Crippen molar-refractivity contribution in [1.29, 1.82) is 0 Å². The highest BCUT2D eigenvalue weighted by molar-refractivity contribution is 6.30. The van der Waals surface area contributed by atoms with Crippen LogP contribution >= 0.6 is 11.6 Å². The molecule has 2 rings (SSSR count). The maximum Gasteiger partial charge on any atom is 0.244 e. The summed E-state index contributed by atoms with van der Waals surface area (Å²) < 4.78 is 5.21. The second kappa shape index (κ2) is 5.50. The van der Waals surface area contributed by atoms with Crippen LogP contribution < -0.4 is 5.73 Å². The highest BCUT2D eigenvalue weighted by Gasteiger charge is 2.20. The zero-order valence-corrected chi connectivity index (χ0v) is 11.2. The van der Waals surface area contributed by atoms with E-state index in [-0.39, 0.29) is 6.04 Å². The number of nitrogens with zero attached hydrogens (tertiary/aromatic N) is 2. The molecule has 0 saturated heterocycles. The smallest absolute Gasteiger partial charge is 0.244 e. The monoisotopic (exact) mass is 265 g/mol. The van der Waals surface area contributed by atoms with E-state index in [2.05, 4.69) is 24.0 Å². The number of rotatable bonds is 4. The first kappa shape index (κ1) is 13.1. The van der Waals surface area contributed by atoms with Gasteiger partial charge in [0, 0.05) is 10.6 Å². The predicted molar refractivity (Wildman–Crippen MR) is 71.1 cm³/mol. The van der Waals surface area contributed by atoms with Crippen molar-refractivity contribution in [2.45, 2.75) is 26.3 Å². The first-order chi connectivity index (χ1) is 8.61. The van der Waals surface area contributed by atoms with Crippen molar-refractivity contribution in [1.82, 2.24) is 10.1 Å². The molecule has 0 bridgehead atoms. The van der Waals surface area contributed by atoms with Crippen LogP contribution in [-0.4, -0.2) is 10.1 Å². The maximum atomic E-state index is 6.05. The summed E-state index contributed by atoms with van der Waals surface area (Å²) in [4.78, 5) is 4.33. The molecular formula is C13H16ClN3O. The van der Waals surface area contributed by atoms with Crippen LogP contribution in [0.2, 0.25) is 5.02 Å². The SMILES string of the molecule is CC[C@H](C)[C@H](N)c1nc(-c2ccc(Cl)cc2)no1. The summed E-state index contributed by atoms with van der Waals surface area (Å²) in [7, 11) is 0. The summed E-state index contributed by atoms with van der Waals surface area (Å²) in [5, 5.41) is 4.62. The van der Waals surface area contributed by atoms with Gasteiger partial charge in [0.05, 0.1) is 6.04 Å². The molecule has 0 aliphatic carbocycles. The molecule has 1 aromatic carbocycles. The Morgan fingerprint density at radius 1 is 1.33 bits per heavy atom. The van der Waals surface area contributed by atoms with Gasteiger partial charge in [0.15, 0.2) is 0 Å². The lowest BCUT2D eigenvalue weighted by Gasteiger charge is -2.12. The molecule has 5 heteroatoms. The zero-order chi connectivity index (χ0) is 13.1. The molecule has 0 fully saturated rings. The fourth-order valence-electron chi connectivity index (χ4n) is 1.58. The molecule has 1 aromatic heterocycles. The third-order valence-electron chi connectivity index (χ3n) is 3.09. The van der Waals surface area contributed by atoms with Crippen molar-refractivity contribution in [2.75, 3.05) is 0 Å². The Balaban J connectivity index is 2.22. The van der Waals surface area contributed by atoms with Gasteiger partial charge in [0.25, 0.3) is 0 Å². The van der Waals surface area contributed by atoms with E-state index in [1.165, 1.54) is 0 Å². The molecule has 96 valence electrons. The van der Waals surface area contributed by atoms with E-state index in [1.54, 1.807) is 12.1 Å². The molecule has 4 nitrogen and oxygen atoms in total. The van der Waals surface area contributed by atoms with E-state index >= 15 is 0 Å². The molecular weight excluding hydrogens is 250 g/mol. The quantitative estimate of drug-likeness (QED) is 0.920. The van der Waals surface area contributed by atoms with Gasteiger partial charge in [0.2, 0.25) is 11.7 Å². The molecule has 2 N–H and O–H groups in total. The van der Waals surface area contributed by atoms with Gasteiger partial charge in [-0.25, -0.2) is 0 Å². The van der Waals surface area contributed by atoms with Gasteiger partial charge in [0.1, 0.15) is 0 Å². The molecule has 0 spiro atoms. The lowest BCUT2D eigenvalue weighted by molar-refractivity contribution is 0.312. The Morgan fingerprint density at radius 2 is 2.00 bits per heavy atom. The first-order valence-electron chi connectivity index (χ1n) is 5.97. The van der Waals surface area contributed by atoms with Crippen molar-refractivity contribution in [2.24, 2.45) is 11.7 Å². The Morgan fingerprint density at radius 3 is 2.61 bits per heavy atom. The molecule has 1 heterocycles. The number of nitrogens with two attached hydrogens (primary N) is 1. The molecule has 0 amide bonds. The van der Waals surface area contributed by atoms with E-state index < -0.39 is 0 Å². The Bertz CT molecular complexity index is 509. The minimum atomic E-state index is -0.219. The van der Waals surface area contributed by atoms with E-state index in [4.69, 9.17) is 21.9 Å². The summed E-state index contributed by atoms with van der Waals surface area (Å²) in [5.41, 5.74) is 6.91. The summed E-state index contributed by atoms with van der Waals surface area (Å²) in [6.45, 7) is 4.15. The standard InChI is InChI=1S/C13H16ClN3O/c1-3-8(2)11(15)13-16-12(17-18-13)9-4-6-10(14)7-5-9/h4-8,11H,3,15H2,1-2H3/t8-,11-/m0/s1. The number of aromatic nitrogens is 2. The van der Waals surface area contributed by atoms with Gasteiger partial charge in [-0.2, -0.15) is 4.98 Å². The molecule has 0 aliphatic rings. The number of hydrogen-bond acceptors (Lipinski definition) is 4. The van der Waals surface area contributed by atoms with Crippen LogP contribution in [0.4, 0.5) is 0 Å². The highest BCUT2D eigenvalue weighted by atomic mass is 35.5. The third kappa shape index (κ3) is 2.71. The summed E-state index contributed by atoms with van der Waals surface area (Å²) >= 11 is 5.83. The van der Waals surface area contributed by atoms with Gasteiger partial charge in [-0.05, 0) is 30.2 Å². The van der Waals surface area contributed by atoms with Gasteiger partial charge >= 0.3 is 0 Å². The van der Waals surface area contributed by atoms with E-state index in [9.17, 15) is 0 Å². The topological polar surface area (TPSA) is 64.9 Å². The van der Waals surface area contributed by atoms with Crippen molar-refractivity contribution in [3.63, 3.8) is 0 Å². The Hall–Kier alpha value is -1.39.